The van der Waals surface area contributed by atoms with Gasteiger partial charge in [0.15, 0.2) is 5.41 Å². The van der Waals surface area contributed by atoms with E-state index in [4.69, 9.17) is 9.47 Å². The molecule has 31 heavy (non-hydrogen) atoms. The Morgan fingerprint density at radius 1 is 0.935 bits per heavy atom. The maximum absolute atomic E-state index is 13.7. The molecule has 0 spiro atoms. The SMILES string of the molecule is CCOC(=O)C(C)(CC1(C)C(=O)N(Cc2ccccc2)c2ccccc21)C(=O)OCC. The number of amides is 1. The lowest BCUT2D eigenvalue weighted by Crippen LogP contribution is -2.48. The first-order valence-corrected chi connectivity index (χ1v) is 10.6. The summed E-state index contributed by atoms with van der Waals surface area (Å²) in [5.41, 5.74) is -0.121. The summed E-state index contributed by atoms with van der Waals surface area (Å²) in [6.45, 7) is 7.33. The summed E-state index contributed by atoms with van der Waals surface area (Å²) in [5.74, 6) is -1.51. The van der Waals surface area contributed by atoms with Gasteiger partial charge in [-0.25, -0.2) is 0 Å². The van der Waals surface area contributed by atoms with Gasteiger partial charge in [0.25, 0.3) is 0 Å². The zero-order valence-electron chi connectivity index (χ0n) is 18.5. The Labute approximate surface area is 183 Å². The van der Waals surface area contributed by atoms with Crippen molar-refractivity contribution in [2.24, 2.45) is 5.41 Å². The second kappa shape index (κ2) is 8.92. The minimum absolute atomic E-state index is 0.0429. The lowest BCUT2D eigenvalue weighted by atomic mass is 9.69. The Hall–Kier alpha value is -3.15. The summed E-state index contributed by atoms with van der Waals surface area (Å²) in [4.78, 5) is 41.2. The number of hydrogen-bond donors (Lipinski definition) is 0. The Morgan fingerprint density at radius 3 is 2.06 bits per heavy atom. The molecule has 164 valence electrons. The van der Waals surface area contributed by atoms with E-state index in [1.54, 1.807) is 25.7 Å². The van der Waals surface area contributed by atoms with Gasteiger partial charge in [0.1, 0.15) is 0 Å². The fourth-order valence-electron chi connectivity index (χ4n) is 4.31. The van der Waals surface area contributed by atoms with Crippen LogP contribution in [-0.4, -0.2) is 31.1 Å². The molecule has 2 aromatic carbocycles. The average Bonchev–Trinajstić information content (AvgIpc) is 2.96. The first-order chi connectivity index (χ1) is 14.8. The number of anilines is 1. The molecule has 0 saturated carbocycles. The molecule has 2 aromatic rings. The van der Waals surface area contributed by atoms with Crippen LogP contribution in [0.15, 0.2) is 54.6 Å². The van der Waals surface area contributed by atoms with Gasteiger partial charge in [0.2, 0.25) is 5.91 Å². The lowest BCUT2D eigenvalue weighted by molar-refractivity contribution is -0.172. The average molecular weight is 424 g/mol. The molecule has 0 N–H and O–H groups in total. The number of ether oxygens (including phenoxy) is 2. The molecular formula is C25H29NO5. The first kappa shape index (κ1) is 22.5. The van der Waals surface area contributed by atoms with Crippen LogP contribution in [0.25, 0.3) is 0 Å². The van der Waals surface area contributed by atoms with E-state index in [1.165, 1.54) is 6.92 Å². The lowest BCUT2D eigenvalue weighted by Gasteiger charge is -2.33. The Balaban J connectivity index is 2.03. The van der Waals surface area contributed by atoms with Crippen molar-refractivity contribution >= 4 is 23.5 Å². The highest BCUT2D eigenvalue weighted by Gasteiger charge is 2.56. The molecule has 0 bridgehead atoms. The first-order valence-electron chi connectivity index (χ1n) is 10.6. The smallest absolute Gasteiger partial charge is 0.323 e. The van der Waals surface area contributed by atoms with E-state index in [2.05, 4.69) is 0 Å². The van der Waals surface area contributed by atoms with E-state index in [9.17, 15) is 14.4 Å². The molecular weight excluding hydrogens is 394 g/mol. The Kier molecular flexibility index (Phi) is 6.48. The van der Waals surface area contributed by atoms with Crippen molar-refractivity contribution < 1.29 is 23.9 Å². The number of rotatable bonds is 8. The van der Waals surface area contributed by atoms with Gasteiger partial charge in [-0.3, -0.25) is 14.4 Å². The number of carbonyl (C=O) groups excluding carboxylic acids is 3. The van der Waals surface area contributed by atoms with Crippen molar-refractivity contribution in [3.63, 3.8) is 0 Å². The van der Waals surface area contributed by atoms with Crippen LogP contribution in [0.3, 0.4) is 0 Å². The highest BCUT2D eigenvalue weighted by atomic mass is 16.6. The second-order valence-electron chi connectivity index (χ2n) is 8.18. The number of esters is 2. The third kappa shape index (κ3) is 4.07. The minimum atomic E-state index is -1.60. The fourth-order valence-corrected chi connectivity index (χ4v) is 4.31. The molecule has 1 unspecified atom stereocenters. The molecule has 0 aromatic heterocycles. The zero-order chi connectivity index (χ0) is 22.6. The van der Waals surface area contributed by atoms with Crippen molar-refractivity contribution in [1.82, 2.24) is 0 Å². The van der Waals surface area contributed by atoms with Gasteiger partial charge in [-0.1, -0.05) is 48.5 Å². The van der Waals surface area contributed by atoms with Crippen LogP contribution in [0.1, 0.15) is 45.2 Å². The topological polar surface area (TPSA) is 72.9 Å². The molecule has 1 atom stereocenters. The molecule has 1 aliphatic heterocycles. The minimum Gasteiger partial charge on any atom is -0.465 e. The van der Waals surface area contributed by atoms with E-state index in [0.29, 0.717) is 6.54 Å². The van der Waals surface area contributed by atoms with Crippen LogP contribution in [0.2, 0.25) is 0 Å². The van der Waals surface area contributed by atoms with Crippen LogP contribution in [0.4, 0.5) is 5.69 Å². The summed E-state index contributed by atoms with van der Waals surface area (Å²) in [7, 11) is 0. The van der Waals surface area contributed by atoms with E-state index in [1.807, 2.05) is 54.6 Å². The monoisotopic (exact) mass is 423 g/mol. The van der Waals surface area contributed by atoms with Crippen molar-refractivity contribution in [3.8, 4) is 0 Å². The van der Waals surface area contributed by atoms with E-state index < -0.39 is 22.8 Å². The van der Waals surface area contributed by atoms with Gasteiger partial charge in [-0.05, 0) is 51.3 Å². The van der Waals surface area contributed by atoms with Gasteiger partial charge in [0, 0.05) is 5.69 Å². The fraction of sp³-hybridized carbons (Fsp3) is 0.400. The van der Waals surface area contributed by atoms with Crippen LogP contribution in [0, 0.1) is 5.41 Å². The number of fused-ring (bicyclic) bond motifs is 1. The maximum Gasteiger partial charge on any atom is 0.323 e. The highest BCUT2D eigenvalue weighted by molar-refractivity contribution is 6.09. The van der Waals surface area contributed by atoms with E-state index >= 15 is 0 Å². The number of nitrogens with zero attached hydrogens (tertiary/aromatic N) is 1. The van der Waals surface area contributed by atoms with Gasteiger partial charge >= 0.3 is 11.9 Å². The van der Waals surface area contributed by atoms with E-state index in [-0.39, 0.29) is 25.5 Å². The Bertz CT molecular complexity index is 953. The van der Waals surface area contributed by atoms with Gasteiger partial charge in [0.05, 0.1) is 25.2 Å². The van der Waals surface area contributed by atoms with Crippen LogP contribution >= 0.6 is 0 Å². The van der Waals surface area contributed by atoms with Gasteiger partial charge in [-0.15, -0.1) is 0 Å². The maximum atomic E-state index is 13.7. The molecule has 1 amide bonds. The molecule has 1 aliphatic rings. The largest absolute Gasteiger partial charge is 0.465 e. The summed E-state index contributed by atoms with van der Waals surface area (Å²) in [6, 6.07) is 17.2. The van der Waals surface area contributed by atoms with Gasteiger partial charge in [-0.2, -0.15) is 0 Å². The van der Waals surface area contributed by atoms with Crippen molar-refractivity contribution in [2.75, 3.05) is 18.1 Å². The molecule has 3 rings (SSSR count). The zero-order valence-corrected chi connectivity index (χ0v) is 18.5. The summed E-state index contributed by atoms with van der Waals surface area (Å²) in [5, 5.41) is 0. The molecule has 0 saturated heterocycles. The predicted molar refractivity (Wildman–Crippen MR) is 117 cm³/mol. The van der Waals surface area contributed by atoms with Crippen molar-refractivity contribution in [1.29, 1.82) is 0 Å². The predicted octanol–water partition coefficient (Wildman–Crippen LogP) is 4.01. The second-order valence-corrected chi connectivity index (χ2v) is 8.18. The third-order valence-electron chi connectivity index (χ3n) is 5.85. The summed E-state index contributed by atoms with van der Waals surface area (Å²) < 4.78 is 10.4. The number of benzene rings is 2. The Morgan fingerprint density at radius 2 is 1.48 bits per heavy atom. The highest BCUT2D eigenvalue weighted by Crippen LogP contribution is 2.48. The number of para-hydroxylation sites is 1. The van der Waals surface area contributed by atoms with Crippen molar-refractivity contribution in [3.05, 3.63) is 65.7 Å². The molecule has 1 heterocycles. The van der Waals surface area contributed by atoms with Crippen LogP contribution in [-0.2, 0) is 35.8 Å². The summed E-state index contributed by atoms with van der Waals surface area (Å²) >= 11 is 0. The normalized spacial score (nSPS) is 17.9. The molecule has 6 heteroatoms. The standard InChI is InChI=1S/C25H29NO5/c1-5-30-22(28)25(4,23(29)31-6-2)17-24(3)19-14-10-11-15-20(19)26(21(24)27)16-18-12-8-7-9-13-18/h7-15H,5-6,16-17H2,1-4H3. The van der Waals surface area contributed by atoms with Crippen molar-refractivity contribution in [2.45, 2.75) is 46.1 Å². The number of hydrogen-bond acceptors (Lipinski definition) is 5. The quantitative estimate of drug-likeness (QED) is 0.474. The number of carbonyl (C=O) groups is 3. The van der Waals surface area contributed by atoms with Gasteiger partial charge < -0.3 is 14.4 Å². The molecule has 6 nitrogen and oxygen atoms in total. The van der Waals surface area contributed by atoms with Crippen LogP contribution in [0.5, 0.6) is 0 Å². The third-order valence-corrected chi connectivity index (χ3v) is 5.85. The summed E-state index contributed by atoms with van der Waals surface area (Å²) in [6.07, 6.45) is -0.0429. The molecule has 0 radical (unpaired) electrons. The van der Waals surface area contributed by atoms with Crippen LogP contribution < -0.4 is 4.90 Å². The molecule has 0 fully saturated rings. The molecule has 0 aliphatic carbocycles. The van der Waals surface area contributed by atoms with E-state index in [0.717, 1.165) is 16.8 Å².